The zero-order valence-electron chi connectivity index (χ0n) is 12.5. The molecule has 1 aromatic rings. The maximum Gasteiger partial charge on any atom is 0.262 e. The summed E-state index contributed by atoms with van der Waals surface area (Å²) < 4.78 is 22.9. The molecule has 8 heteroatoms. The fourth-order valence-electron chi connectivity index (χ4n) is 2.91. The minimum Gasteiger partial charge on any atom is -0.351 e. The third kappa shape index (κ3) is 2.74. The Morgan fingerprint density at radius 3 is 2.26 bits per heavy atom. The van der Waals surface area contributed by atoms with Crippen molar-refractivity contribution in [3.63, 3.8) is 0 Å². The second-order valence-electron chi connectivity index (χ2n) is 5.81. The molecule has 3 rings (SSSR count). The standard InChI is InChI=1S/C15H16N2O5S/c1-9(13(18)16-10-6-7-23(21,22)8-10)17-14(19)11-4-2-3-5-12(11)15(17)20/h2-5,9-10H,6-8H2,1H3,(H,16,18). The highest BCUT2D eigenvalue weighted by Gasteiger charge is 2.41. The van der Waals surface area contributed by atoms with Crippen molar-refractivity contribution in [2.75, 3.05) is 11.5 Å². The highest BCUT2D eigenvalue weighted by Crippen LogP contribution is 2.24. The monoisotopic (exact) mass is 336 g/mol. The van der Waals surface area contributed by atoms with E-state index in [1.165, 1.54) is 6.92 Å². The molecule has 1 aromatic carbocycles. The Labute approximate surface area is 133 Å². The molecule has 3 amide bonds. The molecule has 2 heterocycles. The van der Waals surface area contributed by atoms with Crippen LogP contribution in [0.25, 0.3) is 0 Å². The van der Waals surface area contributed by atoms with Gasteiger partial charge >= 0.3 is 0 Å². The van der Waals surface area contributed by atoms with Gasteiger partial charge in [0.15, 0.2) is 9.84 Å². The molecule has 1 N–H and O–H groups in total. The number of fused-ring (bicyclic) bond motifs is 1. The molecular formula is C15H16N2O5S. The van der Waals surface area contributed by atoms with E-state index in [2.05, 4.69) is 5.32 Å². The topological polar surface area (TPSA) is 101 Å². The van der Waals surface area contributed by atoms with E-state index in [1.54, 1.807) is 24.3 Å². The molecule has 0 radical (unpaired) electrons. The predicted octanol–water partition coefficient (Wildman–Crippen LogP) is -0.0256. The van der Waals surface area contributed by atoms with Crippen LogP contribution in [0.1, 0.15) is 34.1 Å². The fraction of sp³-hybridized carbons (Fsp3) is 0.400. The summed E-state index contributed by atoms with van der Waals surface area (Å²) in [7, 11) is -3.11. The largest absolute Gasteiger partial charge is 0.351 e. The summed E-state index contributed by atoms with van der Waals surface area (Å²) >= 11 is 0. The summed E-state index contributed by atoms with van der Waals surface area (Å²) in [4.78, 5) is 37.9. The molecule has 0 aliphatic carbocycles. The smallest absolute Gasteiger partial charge is 0.262 e. The van der Waals surface area contributed by atoms with Gasteiger partial charge < -0.3 is 5.32 Å². The zero-order valence-corrected chi connectivity index (χ0v) is 13.3. The van der Waals surface area contributed by atoms with Crippen molar-refractivity contribution in [2.24, 2.45) is 0 Å². The van der Waals surface area contributed by atoms with Gasteiger partial charge in [-0.1, -0.05) is 12.1 Å². The van der Waals surface area contributed by atoms with Crippen LogP contribution in [-0.4, -0.2) is 54.6 Å². The third-order valence-electron chi connectivity index (χ3n) is 4.17. The molecule has 2 aliphatic heterocycles. The maximum absolute atomic E-state index is 12.3. The average molecular weight is 336 g/mol. The van der Waals surface area contributed by atoms with Crippen LogP contribution < -0.4 is 5.32 Å². The number of hydrogen-bond acceptors (Lipinski definition) is 5. The minimum atomic E-state index is -3.11. The summed E-state index contributed by atoms with van der Waals surface area (Å²) in [5.74, 6) is -1.60. The van der Waals surface area contributed by atoms with Gasteiger partial charge in [-0.2, -0.15) is 0 Å². The molecule has 1 saturated heterocycles. The highest BCUT2D eigenvalue weighted by molar-refractivity contribution is 7.91. The van der Waals surface area contributed by atoms with E-state index >= 15 is 0 Å². The van der Waals surface area contributed by atoms with Gasteiger partial charge in [-0.15, -0.1) is 0 Å². The predicted molar refractivity (Wildman–Crippen MR) is 81.6 cm³/mol. The van der Waals surface area contributed by atoms with Gasteiger partial charge in [-0.05, 0) is 25.5 Å². The second-order valence-corrected chi connectivity index (χ2v) is 8.04. The molecule has 122 valence electrons. The quantitative estimate of drug-likeness (QED) is 0.782. The first-order valence-electron chi connectivity index (χ1n) is 7.28. The van der Waals surface area contributed by atoms with Crippen molar-refractivity contribution in [3.05, 3.63) is 35.4 Å². The molecule has 7 nitrogen and oxygen atoms in total. The normalized spacial score (nSPS) is 23.7. The molecule has 2 unspecified atom stereocenters. The summed E-state index contributed by atoms with van der Waals surface area (Å²) in [5, 5.41) is 2.61. The Bertz CT molecular complexity index is 767. The first-order valence-corrected chi connectivity index (χ1v) is 9.10. The van der Waals surface area contributed by atoms with Crippen LogP contribution in [0.5, 0.6) is 0 Å². The molecule has 2 aliphatic rings. The van der Waals surface area contributed by atoms with E-state index in [0.29, 0.717) is 6.42 Å². The molecule has 23 heavy (non-hydrogen) atoms. The van der Waals surface area contributed by atoms with Gasteiger partial charge in [-0.25, -0.2) is 8.42 Å². The molecule has 1 fully saturated rings. The molecule has 0 saturated carbocycles. The molecule has 0 spiro atoms. The van der Waals surface area contributed by atoms with Gasteiger partial charge in [0, 0.05) is 6.04 Å². The van der Waals surface area contributed by atoms with Gasteiger partial charge in [0.25, 0.3) is 11.8 Å². The van der Waals surface area contributed by atoms with Crippen LogP contribution in [0.15, 0.2) is 24.3 Å². The van der Waals surface area contributed by atoms with E-state index < -0.39 is 39.6 Å². The lowest BCUT2D eigenvalue weighted by molar-refractivity contribution is -0.125. The second kappa shape index (κ2) is 5.45. The van der Waals surface area contributed by atoms with E-state index in [-0.39, 0.29) is 22.6 Å². The lowest BCUT2D eigenvalue weighted by atomic mass is 10.1. The number of benzene rings is 1. The summed E-state index contributed by atoms with van der Waals surface area (Å²) in [6.45, 7) is 1.46. The Hall–Kier alpha value is -2.22. The van der Waals surface area contributed by atoms with Crippen molar-refractivity contribution in [1.29, 1.82) is 0 Å². The Balaban J connectivity index is 1.74. The van der Waals surface area contributed by atoms with Gasteiger partial charge in [0.2, 0.25) is 5.91 Å². The number of carbonyl (C=O) groups is 3. The van der Waals surface area contributed by atoms with Crippen molar-refractivity contribution < 1.29 is 22.8 Å². The van der Waals surface area contributed by atoms with Crippen molar-refractivity contribution in [1.82, 2.24) is 10.2 Å². The van der Waals surface area contributed by atoms with E-state index in [4.69, 9.17) is 0 Å². The number of nitrogens with zero attached hydrogens (tertiary/aromatic N) is 1. The van der Waals surface area contributed by atoms with E-state index in [9.17, 15) is 22.8 Å². The van der Waals surface area contributed by atoms with Gasteiger partial charge in [0.05, 0.1) is 22.6 Å². The van der Waals surface area contributed by atoms with Crippen molar-refractivity contribution in [3.8, 4) is 0 Å². The molecule has 2 atom stereocenters. The SMILES string of the molecule is CC(C(=O)NC1CCS(=O)(=O)C1)N1C(=O)c2ccccc2C1=O. The number of nitrogens with one attached hydrogen (secondary N) is 1. The fourth-order valence-corrected chi connectivity index (χ4v) is 4.58. The number of rotatable bonds is 3. The summed E-state index contributed by atoms with van der Waals surface area (Å²) in [5.41, 5.74) is 0.557. The van der Waals surface area contributed by atoms with E-state index in [1.807, 2.05) is 0 Å². The van der Waals surface area contributed by atoms with Crippen molar-refractivity contribution >= 4 is 27.6 Å². The summed E-state index contributed by atoms with van der Waals surface area (Å²) in [6.07, 6.45) is 0.350. The van der Waals surface area contributed by atoms with Crippen LogP contribution in [0.2, 0.25) is 0 Å². The third-order valence-corrected chi connectivity index (χ3v) is 5.94. The zero-order chi connectivity index (χ0) is 16.8. The highest BCUT2D eigenvalue weighted by atomic mass is 32.2. The van der Waals surface area contributed by atoms with Gasteiger partial charge in [-0.3, -0.25) is 19.3 Å². The number of sulfone groups is 1. The lowest BCUT2D eigenvalue weighted by Crippen LogP contribution is -2.50. The maximum atomic E-state index is 12.3. The first-order chi connectivity index (χ1) is 10.8. The van der Waals surface area contributed by atoms with Crippen LogP contribution in [-0.2, 0) is 14.6 Å². The Morgan fingerprint density at radius 2 is 1.78 bits per heavy atom. The minimum absolute atomic E-state index is 0.0410. The Kier molecular flexibility index (Phi) is 3.71. The summed E-state index contributed by atoms with van der Waals surface area (Å²) in [6, 6.07) is 4.94. The number of carbonyl (C=O) groups excluding carboxylic acids is 3. The number of amides is 3. The first kappa shape index (κ1) is 15.7. The Morgan fingerprint density at radius 1 is 1.22 bits per heavy atom. The van der Waals surface area contributed by atoms with Gasteiger partial charge in [0.1, 0.15) is 6.04 Å². The number of hydrogen-bond donors (Lipinski definition) is 1. The van der Waals surface area contributed by atoms with Crippen molar-refractivity contribution in [2.45, 2.75) is 25.4 Å². The lowest BCUT2D eigenvalue weighted by Gasteiger charge is -2.23. The average Bonchev–Trinajstić information content (AvgIpc) is 2.97. The van der Waals surface area contributed by atoms with Crippen LogP contribution in [0.4, 0.5) is 0 Å². The molecule has 0 bridgehead atoms. The van der Waals surface area contributed by atoms with Crippen LogP contribution >= 0.6 is 0 Å². The number of imide groups is 1. The molecular weight excluding hydrogens is 320 g/mol. The molecule has 0 aromatic heterocycles. The van der Waals surface area contributed by atoms with E-state index in [0.717, 1.165) is 4.90 Å². The van der Waals surface area contributed by atoms with Crippen LogP contribution in [0, 0.1) is 0 Å². The van der Waals surface area contributed by atoms with Crippen LogP contribution in [0.3, 0.4) is 0 Å².